The molecule has 150 valence electrons. The molecule has 0 fully saturated rings. The molecule has 8 heteroatoms. The van der Waals surface area contributed by atoms with E-state index in [0.29, 0.717) is 25.0 Å². The zero-order valence-electron chi connectivity index (χ0n) is 16.5. The van der Waals surface area contributed by atoms with Gasteiger partial charge in [-0.05, 0) is 39.8 Å². The molecular weight excluding hydrogens is 352 g/mol. The number of nitrogens with one attached hydrogen (secondary N) is 2. The van der Waals surface area contributed by atoms with E-state index in [2.05, 4.69) is 14.8 Å². The van der Waals surface area contributed by atoms with Crippen LogP contribution in [0.15, 0.2) is 24.3 Å². The number of ketones is 1. The lowest BCUT2D eigenvalue weighted by Crippen LogP contribution is -2.28. The van der Waals surface area contributed by atoms with Crippen molar-refractivity contribution in [2.45, 2.75) is 34.6 Å². The van der Waals surface area contributed by atoms with Crippen LogP contribution in [0, 0.1) is 12.3 Å². The topological polar surface area (TPSA) is 123 Å². The van der Waals surface area contributed by atoms with Crippen LogP contribution in [0.25, 0.3) is 0 Å². The molecule has 0 spiro atoms. The first kappa shape index (κ1) is 26.2. The van der Waals surface area contributed by atoms with Gasteiger partial charge in [-0.2, -0.15) is 0 Å². The summed E-state index contributed by atoms with van der Waals surface area (Å²) in [5, 5.41) is 8.84. The Morgan fingerprint density at radius 1 is 1.00 bits per heavy atom. The largest absolute Gasteiger partial charge is 0.466 e. The number of ether oxygens (including phenoxy) is 2. The Kier molecular flexibility index (Phi) is 16.0. The second-order valence-corrected chi connectivity index (χ2v) is 5.07. The maximum Gasteiger partial charge on any atom is 0.348 e. The van der Waals surface area contributed by atoms with Gasteiger partial charge in [0.05, 0.1) is 19.8 Å². The first-order valence-electron chi connectivity index (χ1n) is 8.32. The third-order valence-corrected chi connectivity index (χ3v) is 2.56. The number of benzene rings is 1. The predicted octanol–water partition coefficient (Wildman–Crippen LogP) is 2.08. The van der Waals surface area contributed by atoms with Crippen molar-refractivity contribution in [1.82, 2.24) is 5.32 Å². The van der Waals surface area contributed by atoms with E-state index in [-0.39, 0.29) is 24.2 Å². The summed E-state index contributed by atoms with van der Waals surface area (Å²) in [6.07, 6.45) is 0.642. The molecule has 1 aromatic rings. The first-order valence-corrected chi connectivity index (χ1v) is 8.32. The molecule has 0 heterocycles. The zero-order valence-corrected chi connectivity index (χ0v) is 16.5. The molecule has 1 aromatic carbocycles. The standard InChI is InChI=1S/C11H13NO2.C4H7NO2.C4H8O2/c1-8-3-5-10(6-4-8)11(14)12-7-9(2)13;1-2-7-4(6)3-5;1-3-6-4(2)5/h3-6H,7H2,1-2H3,(H,12,14);3,5H,2H2,1H3;3H2,1-2H3. The fourth-order valence-corrected chi connectivity index (χ4v) is 1.40. The molecule has 0 aliphatic heterocycles. The molecule has 0 atom stereocenters. The van der Waals surface area contributed by atoms with Gasteiger partial charge in [0.25, 0.3) is 5.91 Å². The highest BCUT2D eigenvalue weighted by atomic mass is 16.5. The average molecular weight is 380 g/mol. The summed E-state index contributed by atoms with van der Waals surface area (Å²) in [5.41, 5.74) is 1.69. The Bertz CT molecular complexity index is 611. The maximum absolute atomic E-state index is 11.4. The highest BCUT2D eigenvalue weighted by molar-refractivity contribution is 6.21. The summed E-state index contributed by atoms with van der Waals surface area (Å²) < 4.78 is 8.71. The summed E-state index contributed by atoms with van der Waals surface area (Å²) in [6.45, 7) is 9.18. The van der Waals surface area contributed by atoms with Crippen LogP contribution in [0.2, 0.25) is 0 Å². The van der Waals surface area contributed by atoms with E-state index < -0.39 is 5.97 Å². The molecule has 2 N–H and O–H groups in total. The molecule has 0 aliphatic carbocycles. The Balaban J connectivity index is 0. The van der Waals surface area contributed by atoms with Crippen LogP contribution in [-0.2, 0) is 23.9 Å². The lowest BCUT2D eigenvalue weighted by atomic mass is 10.1. The third kappa shape index (κ3) is 17.6. The number of hydrogen-bond acceptors (Lipinski definition) is 7. The van der Waals surface area contributed by atoms with Crippen molar-refractivity contribution >= 4 is 29.8 Å². The van der Waals surface area contributed by atoms with Gasteiger partial charge in [-0.1, -0.05) is 17.7 Å². The summed E-state index contributed by atoms with van der Waals surface area (Å²) in [7, 11) is 0. The van der Waals surface area contributed by atoms with E-state index >= 15 is 0 Å². The lowest BCUT2D eigenvalue weighted by molar-refractivity contribution is -0.140. The van der Waals surface area contributed by atoms with Crippen molar-refractivity contribution in [3.8, 4) is 0 Å². The van der Waals surface area contributed by atoms with Gasteiger partial charge in [0.1, 0.15) is 12.0 Å². The Morgan fingerprint density at radius 2 is 1.52 bits per heavy atom. The first-order chi connectivity index (χ1) is 12.7. The van der Waals surface area contributed by atoms with Crippen LogP contribution in [0.5, 0.6) is 0 Å². The number of esters is 2. The van der Waals surface area contributed by atoms with Gasteiger partial charge in [0.15, 0.2) is 0 Å². The zero-order chi connectivity index (χ0) is 21.2. The number of rotatable bonds is 6. The molecule has 27 heavy (non-hydrogen) atoms. The normalized spacial score (nSPS) is 8.63. The van der Waals surface area contributed by atoms with Gasteiger partial charge in [-0.3, -0.25) is 14.4 Å². The third-order valence-electron chi connectivity index (χ3n) is 2.56. The highest BCUT2D eigenvalue weighted by Gasteiger charge is 2.04. The molecule has 0 saturated carbocycles. The molecule has 0 radical (unpaired) electrons. The van der Waals surface area contributed by atoms with E-state index in [9.17, 15) is 19.2 Å². The van der Waals surface area contributed by atoms with Crippen LogP contribution in [-0.4, -0.2) is 49.6 Å². The van der Waals surface area contributed by atoms with E-state index in [1.807, 2.05) is 19.1 Å². The van der Waals surface area contributed by atoms with Gasteiger partial charge in [0, 0.05) is 12.5 Å². The number of aryl methyl sites for hydroxylation is 1. The SMILES string of the molecule is CC(=O)CNC(=O)c1ccc(C)cc1.CCOC(=O)C=N.CCOC(C)=O. The molecular formula is C19H28N2O6. The van der Waals surface area contributed by atoms with Gasteiger partial charge >= 0.3 is 11.9 Å². The van der Waals surface area contributed by atoms with E-state index in [4.69, 9.17) is 5.41 Å². The van der Waals surface area contributed by atoms with Gasteiger partial charge in [-0.25, -0.2) is 4.79 Å². The monoisotopic (exact) mass is 380 g/mol. The van der Waals surface area contributed by atoms with Crippen LogP contribution < -0.4 is 5.32 Å². The second-order valence-electron chi connectivity index (χ2n) is 5.07. The predicted molar refractivity (Wildman–Crippen MR) is 102 cm³/mol. The van der Waals surface area contributed by atoms with E-state index in [1.165, 1.54) is 13.8 Å². The minimum atomic E-state index is -0.581. The molecule has 0 bridgehead atoms. The molecule has 0 saturated heterocycles. The van der Waals surface area contributed by atoms with Gasteiger partial charge in [-0.15, -0.1) is 0 Å². The fraction of sp³-hybridized carbons (Fsp3) is 0.421. The van der Waals surface area contributed by atoms with Gasteiger partial charge in [0.2, 0.25) is 0 Å². The van der Waals surface area contributed by atoms with Crippen LogP contribution in [0.1, 0.15) is 43.6 Å². The molecule has 0 aromatic heterocycles. The highest BCUT2D eigenvalue weighted by Crippen LogP contribution is 2.02. The smallest absolute Gasteiger partial charge is 0.348 e. The fourth-order valence-electron chi connectivity index (χ4n) is 1.40. The molecule has 8 nitrogen and oxygen atoms in total. The van der Waals surface area contributed by atoms with E-state index in [0.717, 1.165) is 5.56 Å². The Hall–Kier alpha value is -3.03. The number of amides is 1. The van der Waals surface area contributed by atoms with Crippen molar-refractivity contribution in [3.63, 3.8) is 0 Å². The van der Waals surface area contributed by atoms with Crippen molar-refractivity contribution in [3.05, 3.63) is 35.4 Å². The average Bonchev–Trinajstić information content (AvgIpc) is 2.61. The number of Topliss-reactive ketones (excluding diaryl/α,β-unsaturated/α-hetero) is 1. The minimum absolute atomic E-state index is 0.0505. The van der Waals surface area contributed by atoms with E-state index in [1.54, 1.807) is 26.0 Å². The number of hydrogen-bond donors (Lipinski definition) is 2. The van der Waals surface area contributed by atoms with Crippen molar-refractivity contribution in [1.29, 1.82) is 5.41 Å². The van der Waals surface area contributed by atoms with Crippen LogP contribution in [0.3, 0.4) is 0 Å². The summed E-state index contributed by atoms with van der Waals surface area (Å²) in [4.78, 5) is 41.8. The number of carbonyl (C=O) groups excluding carboxylic acids is 4. The Morgan fingerprint density at radius 3 is 1.81 bits per heavy atom. The van der Waals surface area contributed by atoms with Gasteiger partial charge < -0.3 is 20.2 Å². The lowest BCUT2D eigenvalue weighted by Gasteiger charge is -2.02. The second kappa shape index (κ2) is 16.4. The molecule has 1 rings (SSSR count). The summed E-state index contributed by atoms with van der Waals surface area (Å²) in [6, 6.07) is 7.21. The minimum Gasteiger partial charge on any atom is -0.466 e. The van der Waals surface area contributed by atoms with Crippen molar-refractivity contribution < 1.29 is 28.7 Å². The summed E-state index contributed by atoms with van der Waals surface area (Å²) in [5.74, 6) is -1.05. The molecule has 0 aliphatic rings. The quantitative estimate of drug-likeness (QED) is 0.575. The Labute approximate surface area is 159 Å². The van der Waals surface area contributed by atoms with Crippen molar-refractivity contribution in [2.75, 3.05) is 19.8 Å². The maximum atomic E-state index is 11.4. The van der Waals surface area contributed by atoms with Crippen molar-refractivity contribution in [2.24, 2.45) is 0 Å². The summed E-state index contributed by atoms with van der Waals surface area (Å²) >= 11 is 0. The van der Waals surface area contributed by atoms with Crippen LogP contribution >= 0.6 is 0 Å². The number of carbonyl (C=O) groups is 4. The van der Waals surface area contributed by atoms with Crippen LogP contribution in [0.4, 0.5) is 0 Å². The molecule has 1 amide bonds. The molecule has 0 unspecified atom stereocenters.